The Morgan fingerprint density at radius 2 is 2.50 bits per heavy atom. The van der Waals surface area contributed by atoms with E-state index in [9.17, 15) is 4.57 Å². The molecule has 0 amide bonds. The third-order valence-corrected chi connectivity index (χ3v) is 3.86. The molecule has 80 valence electrons. The Kier molecular flexibility index (Phi) is 5.17. The minimum atomic E-state index is -2.12. The topological polar surface area (TPSA) is 91.2 Å². The lowest BCUT2D eigenvalue weighted by atomic mass is 10.5. The Hall–Kier alpha value is -0.360. The zero-order valence-corrected chi connectivity index (χ0v) is 9.54. The fraction of sp³-hybridized carbons (Fsp3) is 0.667. The fourth-order valence-corrected chi connectivity index (χ4v) is 2.48. The van der Waals surface area contributed by atoms with E-state index in [1.54, 1.807) is 0 Å². The van der Waals surface area contributed by atoms with Gasteiger partial charge in [0.15, 0.2) is 5.82 Å². The standard InChI is InChI=1S/C6H12N3O3PS/c1-2-5-8-6(12-9-5)3-14-13(10)11-4-7/h13H,2-4,7H2,1H3. The summed E-state index contributed by atoms with van der Waals surface area (Å²) in [5.41, 5.74) is 5.06. The highest BCUT2D eigenvalue weighted by Crippen LogP contribution is 2.40. The van der Waals surface area contributed by atoms with Crippen LogP contribution in [0, 0.1) is 0 Å². The quantitative estimate of drug-likeness (QED) is 0.586. The van der Waals surface area contributed by atoms with Gasteiger partial charge in [0.2, 0.25) is 13.1 Å². The molecule has 8 heteroatoms. The van der Waals surface area contributed by atoms with Crippen molar-refractivity contribution in [3.8, 4) is 0 Å². The van der Waals surface area contributed by atoms with E-state index in [4.69, 9.17) is 14.8 Å². The minimum Gasteiger partial charge on any atom is -0.338 e. The van der Waals surface area contributed by atoms with Gasteiger partial charge in [0.1, 0.15) is 6.73 Å². The molecule has 6 nitrogen and oxygen atoms in total. The monoisotopic (exact) mass is 237 g/mol. The molecule has 0 aliphatic rings. The Labute approximate surface area is 86.2 Å². The fourth-order valence-electron chi connectivity index (χ4n) is 0.723. The van der Waals surface area contributed by atoms with Gasteiger partial charge in [-0.1, -0.05) is 23.5 Å². The summed E-state index contributed by atoms with van der Waals surface area (Å²) in [5.74, 6) is 1.51. The van der Waals surface area contributed by atoms with Gasteiger partial charge in [-0.15, -0.1) is 0 Å². The van der Waals surface area contributed by atoms with Crippen LogP contribution in [0.5, 0.6) is 0 Å². The van der Waals surface area contributed by atoms with Crippen LogP contribution in [0.25, 0.3) is 0 Å². The first-order chi connectivity index (χ1) is 6.76. The molecule has 1 heterocycles. The highest BCUT2D eigenvalue weighted by atomic mass is 32.7. The summed E-state index contributed by atoms with van der Waals surface area (Å²) in [6.45, 7) is 1.90. The lowest BCUT2D eigenvalue weighted by Gasteiger charge is -1.97. The van der Waals surface area contributed by atoms with Crippen molar-refractivity contribution in [3.05, 3.63) is 11.7 Å². The van der Waals surface area contributed by atoms with Gasteiger partial charge in [-0.05, 0) is 0 Å². The number of nitrogens with zero attached hydrogens (tertiary/aromatic N) is 2. The van der Waals surface area contributed by atoms with Crippen LogP contribution in [-0.4, -0.2) is 16.9 Å². The third kappa shape index (κ3) is 3.79. The van der Waals surface area contributed by atoms with Crippen molar-refractivity contribution in [1.82, 2.24) is 10.1 Å². The Morgan fingerprint density at radius 3 is 3.07 bits per heavy atom. The van der Waals surface area contributed by atoms with Crippen LogP contribution in [0.2, 0.25) is 0 Å². The molecule has 0 bridgehead atoms. The normalized spacial score (nSPS) is 13.0. The van der Waals surface area contributed by atoms with Crippen molar-refractivity contribution in [2.24, 2.45) is 5.73 Å². The van der Waals surface area contributed by atoms with Crippen molar-refractivity contribution >= 4 is 18.6 Å². The summed E-state index contributed by atoms with van der Waals surface area (Å²) in [7, 11) is -2.12. The molecule has 1 rings (SSSR count). The first kappa shape index (κ1) is 11.7. The average Bonchev–Trinajstić information content (AvgIpc) is 2.63. The van der Waals surface area contributed by atoms with E-state index in [2.05, 4.69) is 10.1 Å². The van der Waals surface area contributed by atoms with Crippen LogP contribution in [-0.2, 0) is 21.3 Å². The minimum absolute atomic E-state index is 0.0329. The molecule has 0 aliphatic heterocycles. The van der Waals surface area contributed by atoms with E-state index in [0.717, 1.165) is 17.8 Å². The van der Waals surface area contributed by atoms with Crippen molar-refractivity contribution in [1.29, 1.82) is 0 Å². The molecule has 0 fully saturated rings. The second-order valence-corrected chi connectivity index (χ2v) is 5.54. The van der Waals surface area contributed by atoms with Crippen molar-refractivity contribution in [3.63, 3.8) is 0 Å². The summed E-state index contributed by atoms with van der Waals surface area (Å²) in [4.78, 5) is 4.05. The molecule has 0 aliphatic carbocycles. The van der Waals surface area contributed by atoms with Gasteiger partial charge >= 0.3 is 0 Å². The van der Waals surface area contributed by atoms with E-state index in [1.165, 1.54) is 0 Å². The number of aromatic nitrogens is 2. The largest absolute Gasteiger partial charge is 0.338 e. The van der Waals surface area contributed by atoms with E-state index < -0.39 is 7.23 Å². The molecule has 1 unspecified atom stereocenters. The van der Waals surface area contributed by atoms with Gasteiger partial charge in [0.25, 0.3) is 0 Å². The smallest absolute Gasteiger partial charge is 0.248 e. The Balaban J connectivity index is 2.34. The van der Waals surface area contributed by atoms with E-state index in [0.29, 0.717) is 17.5 Å². The van der Waals surface area contributed by atoms with Crippen molar-refractivity contribution in [2.45, 2.75) is 19.1 Å². The lowest BCUT2D eigenvalue weighted by Crippen LogP contribution is -1.97. The maximum Gasteiger partial charge on any atom is 0.248 e. The zero-order valence-electron chi connectivity index (χ0n) is 7.73. The van der Waals surface area contributed by atoms with Gasteiger partial charge in [0.05, 0.1) is 5.75 Å². The molecular formula is C6H12N3O3PS. The zero-order chi connectivity index (χ0) is 10.4. The number of rotatable bonds is 6. The number of aryl methyl sites for hydroxylation is 1. The van der Waals surface area contributed by atoms with Crippen LogP contribution < -0.4 is 5.73 Å². The summed E-state index contributed by atoms with van der Waals surface area (Å²) < 4.78 is 20.6. The molecule has 14 heavy (non-hydrogen) atoms. The summed E-state index contributed by atoms with van der Waals surface area (Å²) >= 11 is 1.13. The molecule has 1 aromatic heterocycles. The third-order valence-electron chi connectivity index (χ3n) is 1.34. The molecule has 0 spiro atoms. The maximum atomic E-state index is 11.0. The van der Waals surface area contributed by atoms with Crippen LogP contribution in [0.4, 0.5) is 0 Å². The second kappa shape index (κ2) is 6.19. The van der Waals surface area contributed by atoms with E-state index in [-0.39, 0.29) is 6.73 Å². The molecule has 2 N–H and O–H groups in total. The number of hydrogen-bond donors (Lipinski definition) is 1. The molecule has 1 aromatic rings. The summed E-state index contributed by atoms with van der Waals surface area (Å²) in [6.07, 6.45) is 0.725. The van der Waals surface area contributed by atoms with Gasteiger partial charge in [0, 0.05) is 6.42 Å². The average molecular weight is 237 g/mol. The first-order valence-electron chi connectivity index (χ1n) is 4.07. The summed E-state index contributed by atoms with van der Waals surface area (Å²) in [6, 6.07) is 0. The highest BCUT2D eigenvalue weighted by Gasteiger charge is 2.07. The highest BCUT2D eigenvalue weighted by molar-refractivity contribution is 8.49. The van der Waals surface area contributed by atoms with Gasteiger partial charge < -0.3 is 14.8 Å². The summed E-state index contributed by atoms with van der Waals surface area (Å²) in [5, 5.41) is 3.70. The van der Waals surface area contributed by atoms with Crippen LogP contribution in [0.1, 0.15) is 18.6 Å². The molecule has 1 atom stereocenters. The molecule has 0 radical (unpaired) electrons. The van der Waals surface area contributed by atoms with E-state index >= 15 is 0 Å². The lowest BCUT2D eigenvalue weighted by molar-refractivity contribution is 0.351. The Morgan fingerprint density at radius 1 is 1.71 bits per heavy atom. The molecular weight excluding hydrogens is 225 g/mol. The van der Waals surface area contributed by atoms with Crippen LogP contribution in [0.15, 0.2) is 4.52 Å². The molecule has 0 aromatic carbocycles. The van der Waals surface area contributed by atoms with Gasteiger partial charge in [-0.25, -0.2) is 0 Å². The van der Waals surface area contributed by atoms with Crippen LogP contribution >= 0.6 is 18.6 Å². The maximum absolute atomic E-state index is 11.0. The van der Waals surface area contributed by atoms with E-state index in [1.807, 2.05) is 6.92 Å². The second-order valence-electron chi connectivity index (χ2n) is 2.31. The first-order valence-corrected chi connectivity index (χ1v) is 7.10. The molecule has 0 saturated heterocycles. The van der Waals surface area contributed by atoms with Crippen molar-refractivity contribution in [2.75, 3.05) is 6.73 Å². The predicted octanol–water partition coefficient (Wildman–Crippen LogP) is 1.19. The SMILES string of the molecule is CCc1noc(CS[PH](=O)OCN)n1. The Bertz CT molecular complexity index is 306. The number of hydrogen-bond acceptors (Lipinski definition) is 7. The van der Waals surface area contributed by atoms with Gasteiger partial charge in [-0.3, -0.25) is 4.57 Å². The molecule has 0 saturated carbocycles. The number of nitrogens with two attached hydrogens (primary N) is 1. The van der Waals surface area contributed by atoms with Crippen LogP contribution in [0.3, 0.4) is 0 Å². The van der Waals surface area contributed by atoms with Gasteiger partial charge in [-0.2, -0.15) is 4.98 Å². The van der Waals surface area contributed by atoms with Crippen molar-refractivity contribution < 1.29 is 13.6 Å². The predicted molar refractivity (Wildman–Crippen MR) is 54.1 cm³/mol.